The summed E-state index contributed by atoms with van der Waals surface area (Å²) in [5.41, 5.74) is 10.4. The Bertz CT molecular complexity index is 1270. The molecule has 0 spiro atoms. The number of nitrogens with one attached hydrogen (secondary N) is 4. The minimum atomic E-state index is -0.722. The van der Waals surface area contributed by atoms with Crippen molar-refractivity contribution in [3.05, 3.63) is 65.0 Å². The van der Waals surface area contributed by atoms with Gasteiger partial charge in [0.2, 0.25) is 5.91 Å². The van der Waals surface area contributed by atoms with Crippen LogP contribution in [0.15, 0.2) is 42.5 Å². The molecular formula is C31H42N6O3. The second kappa shape index (κ2) is 12.4. The fraction of sp³-hybridized carbons (Fsp3) is 0.516. The number of H-pyrrole nitrogens is 1. The van der Waals surface area contributed by atoms with Crippen LogP contribution in [0.25, 0.3) is 11.0 Å². The third-order valence-electron chi connectivity index (χ3n) is 8.60. The molecule has 5 rings (SSSR count). The number of imidazole rings is 1. The predicted molar refractivity (Wildman–Crippen MR) is 156 cm³/mol. The molecule has 2 amide bonds. The van der Waals surface area contributed by atoms with Gasteiger partial charge in [0.15, 0.2) is 0 Å². The van der Waals surface area contributed by atoms with Crippen LogP contribution in [0.5, 0.6) is 0 Å². The first-order valence-corrected chi connectivity index (χ1v) is 14.6. The van der Waals surface area contributed by atoms with Crippen molar-refractivity contribution in [1.82, 2.24) is 25.9 Å². The highest BCUT2D eigenvalue weighted by atomic mass is 16.5. The number of nitrogens with two attached hydrogens (primary N) is 1. The van der Waals surface area contributed by atoms with Crippen LogP contribution in [-0.4, -0.2) is 47.1 Å². The largest absolute Gasteiger partial charge is 0.445 e. The number of hydrogen-bond acceptors (Lipinski definition) is 6. The maximum atomic E-state index is 13.0. The third-order valence-corrected chi connectivity index (χ3v) is 8.60. The summed E-state index contributed by atoms with van der Waals surface area (Å²) < 4.78 is 5.57. The van der Waals surface area contributed by atoms with E-state index in [9.17, 15) is 9.59 Å². The van der Waals surface area contributed by atoms with E-state index in [1.54, 1.807) is 7.05 Å². The van der Waals surface area contributed by atoms with Gasteiger partial charge in [0.25, 0.3) is 0 Å². The monoisotopic (exact) mass is 546 g/mol. The Morgan fingerprint density at radius 3 is 2.55 bits per heavy atom. The van der Waals surface area contributed by atoms with E-state index in [2.05, 4.69) is 33.1 Å². The normalized spacial score (nSPS) is 18.2. The molecule has 9 heteroatoms. The van der Waals surface area contributed by atoms with Crippen molar-refractivity contribution in [3.63, 3.8) is 0 Å². The van der Waals surface area contributed by atoms with Gasteiger partial charge in [-0.3, -0.25) is 4.79 Å². The van der Waals surface area contributed by atoms with E-state index in [1.807, 2.05) is 37.3 Å². The molecule has 1 aromatic heterocycles. The first-order valence-electron chi connectivity index (χ1n) is 14.6. The topological polar surface area (TPSA) is 134 Å². The van der Waals surface area contributed by atoms with Crippen LogP contribution < -0.4 is 21.7 Å². The van der Waals surface area contributed by atoms with Gasteiger partial charge in [0.05, 0.1) is 17.1 Å². The summed E-state index contributed by atoms with van der Waals surface area (Å²) in [6.45, 7) is 2.85. The number of fused-ring (bicyclic) bond motifs is 2. The number of aromatic nitrogens is 2. The molecule has 0 aliphatic heterocycles. The summed E-state index contributed by atoms with van der Waals surface area (Å²) >= 11 is 0. The molecule has 0 bridgehead atoms. The van der Waals surface area contributed by atoms with Gasteiger partial charge in [-0.05, 0) is 54.0 Å². The van der Waals surface area contributed by atoms with Crippen molar-refractivity contribution in [1.29, 1.82) is 0 Å². The number of rotatable bonds is 10. The molecule has 2 aliphatic rings. The van der Waals surface area contributed by atoms with Gasteiger partial charge in [0, 0.05) is 32.5 Å². The Morgan fingerprint density at radius 1 is 1.12 bits per heavy atom. The highest BCUT2D eigenvalue weighted by molar-refractivity contribution is 5.89. The van der Waals surface area contributed by atoms with Crippen molar-refractivity contribution in [3.8, 4) is 0 Å². The first kappa shape index (κ1) is 28.1. The smallest absolute Gasteiger partial charge is 0.408 e. The number of amides is 2. The van der Waals surface area contributed by atoms with Crippen molar-refractivity contribution in [2.24, 2.45) is 11.7 Å². The van der Waals surface area contributed by atoms with E-state index in [0.29, 0.717) is 25.3 Å². The number of benzene rings is 2. The predicted octanol–water partition coefficient (Wildman–Crippen LogP) is 4.02. The lowest BCUT2D eigenvalue weighted by Gasteiger charge is -2.30. The highest BCUT2D eigenvalue weighted by Gasteiger charge is 2.43. The van der Waals surface area contributed by atoms with E-state index in [4.69, 9.17) is 15.5 Å². The van der Waals surface area contributed by atoms with Gasteiger partial charge in [-0.15, -0.1) is 0 Å². The lowest BCUT2D eigenvalue weighted by molar-refractivity contribution is -0.126. The lowest BCUT2D eigenvalue weighted by Crippen LogP contribution is -2.59. The SMILES string of the molecule is CC[C@@H](N)CNC1(C(=O)NC)Cc2cc3nc([C@@H](NC(=O)OCc4ccccc4)C4CCCCC4)[nH]c3cc2C1. The number of hydrogen-bond donors (Lipinski definition) is 5. The molecule has 1 unspecified atom stereocenters. The van der Waals surface area contributed by atoms with Gasteiger partial charge >= 0.3 is 6.09 Å². The lowest BCUT2D eigenvalue weighted by atomic mass is 9.83. The fourth-order valence-electron chi connectivity index (χ4n) is 6.20. The number of nitrogens with zero attached hydrogens (tertiary/aromatic N) is 1. The molecular weight excluding hydrogens is 504 g/mol. The average molecular weight is 547 g/mol. The number of carbonyl (C=O) groups excluding carboxylic acids is 2. The maximum absolute atomic E-state index is 13.0. The number of carbonyl (C=O) groups is 2. The summed E-state index contributed by atoms with van der Waals surface area (Å²) in [7, 11) is 1.68. The first-order chi connectivity index (χ1) is 19.4. The third kappa shape index (κ3) is 6.15. The Kier molecular flexibility index (Phi) is 8.71. The summed E-state index contributed by atoms with van der Waals surface area (Å²) in [6, 6.07) is 13.6. The molecule has 2 aliphatic carbocycles. The van der Waals surface area contributed by atoms with Crippen LogP contribution in [-0.2, 0) is 29.0 Å². The van der Waals surface area contributed by atoms with Crippen LogP contribution in [0.3, 0.4) is 0 Å². The zero-order chi connectivity index (χ0) is 28.1. The molecule has 9 nitrogen and oxygen atoms in total. The number of ether oxygens (including phenoxy) is 1. The second-order valence-electron chi connectivity index (χ2n) is 11.4. The van der Waals surface area contributed by atoms with Crippen molar-refractivity contribution >= 4 is 23.0 Å². The van der Waals surface area contributed by atoms with Crippen LogP contribution >= 0.6 is 0 Å². The highest BCUT2D eigenvalue weighted by Crippen LogP contribution is 2.37. The average Bonchev–Trinajstić information content (AvgIpc) is 3.57. The van der Waals surface area contributed by atoms with Crippen LogP contribution in [0.4, 0.5) is 4.79 Å². The standard InChI is InChI=1S/C31H42N6O3/c1-3-24(32)18-34-31(29(38)33-2)16-22-14-25-26(15-23(22)17-31)36-28(35-25)27(21-12-8-5-9-13-21)37-30(39)40-19-20-10-6-4-7-11-20/h4,6-7,10-11,14-15,21,24,27,34H,3,5,8-9,12-13,16-19,32H2,1-2H3,(H,33,38)(H,35,36)(H,37,39)/t24-,27+/m1/s1. The molecule has 2 aromatic carbocycles. The number of alkyl carbamates (subject to hydrolysis) is 1. The number of aromatic amines is 1. The van der Waals surface area contributed by atoms with E-state index >= 15 is 0 Å². The molecule has 214 valence electrons. The molecule has 6 N–H and O–H groups in total. The van der Waals surface area contributed by atoms with Crippen LogP contribution in [0.2, 0.25) is 0 Å². The fourth-order valence-corrected chi connectivity index (χ4v) is 6.20. The maximum Gasteiger partial charge on any atom is 0.408 e. The Morgan fingerprint density at radius 2 is 1.85 bits per heavy atom. The summed E-state index contributed by atoms with van der Waals surface area (Å²) in [4.78, 5) is 34.4. The molecule has 3 aromatic rings. The Labute approximate surface area is 236 Å². The minimum Gasteiger partial charge on any atom is -0.445 e. The van der Waals surface area contributed by atoms with Crippen LogP contribution in [0.1, 0.15) is 74.0 Å². The number of likely N-dealkylation sites (N-methyl/N-ethyl adjacent to an activating group) is 1. The molecule has 0 saturated heterocycles. The van der Waals surface area contributed by atoms with Crippen LogP contribution in [0, 0.1) is 5.92 Å². The van der Waals surface area contributed by atoms with Gasteiger partial charge < -0.3 is 31.4 Å². The minimum absolute atomic E-state index is 0.00678. The Balaban J connectivity index is 1.36. The molecule has 40 heavy (non-hydrogen) atoms. The van der Waals surface area contributed by atoms with Gasteiger partial charge in [-0.25, -0.2) is 9.78 Å². The van der Waals surface area contributed by atoms with Crippen molar-refractivity contribution < 1.29 is 14.3 Å². The van der Waals surface area contributed by atoms with E-state index in [0.717, 1.165) is 65.7 Å². The van der Waals surface area contributed by atoms with Gasteiger partial charge in [-0.1, -0.05) is 56.5 Å². The zero-order valence-corrected chi connectivity index (χ0v) is 23.6. The van der Waals surface area contributed by atoms with E-state index < -0.39 is 11.6 Å². The summed E-state index contributed by atoms with van der Waals surface area (Å²) in [5, 5.41) is 9.45. The van der Waals surface area contributed by atoms with Crippen molar-refractivity contribution in [2.75, 3.05) is 13.6 Å². The summed E-state index contributed by atoms with van der Waals surface area (Å²) in [6.07, 6.45) is 7.16. The van der Waals surface area contributed by atoms with Crippen molar-refractivity contribution in [2.45, 2.75) is 82.5 Å². The molecule has 1 saturated carbocycles. The van der Waals surface area contributed by atoms with E-state index in [-0.39, 0.29) is 24.6 Å². The zero-order valence-electron chi connectivity index (χ0n) is 23.6. The second-order valence-corrected chi connectivity index (χ2v) is 11.4. The van der Waals surface area contributed by atoms with Gasteiger partial charge in [0.1, 0.15) is 18.0 Å². The molecule has 1 fully saturated rings. The Hall–Kier alpha value is -3.43. The summed E-state index contributed by atoms with van der Waals surface area (Å²) in [5.74, 6) is 1.02. The van der Waals surface area contributed by atoms with E-state index in [1.165, 1.54) is 6.42 Å². The molecule has 3 atom stereocenters. The van der Waals surface area contributed by atoms with Gasteiger partial charge in [-0.2, -0.15) is 0 Å². The molecule has 1 heterocycles. The quantitative estimate of drug-likeness (QED) is 0.261. The molecule has 0 radical (unpaired) electrons.